The molecule has 0 bridgehead atoms. The van der Waals surface area contributed by atoms with E-state index in [0.717, 1.165) is 43.5 Å². The fourth-order valence-electron chi connectivity index (χ4n) is 5.03. The molecule has 1 fully saturated rings. The van der Waals surface area contributed by atoms with Crippen LogP contribution in [0.5, 0.6) is 5.75 Å². The third-order valence-corrected chi connectivity index (χ3v) is 6.95. The molecule has 2 aliphatic heterocycles. The van der Waals surface area contributed by atoms with Gasteiger partial charge in [0.15, 0.2) is 0 Å². The summed E-state index contributed by atoms with van der Waals surface area (Å²) >= 11 is 0. The largest absolute Gasteiger partial charge is 0.491 e. The quantitative estimate of drug-likeness (QED) is 0.742. The van der Waals surface area contributed by atoms with Crippen molar-refractivity contribution >= 4 is 11.8 Å². The van der Waals surface area contributed by atoms with E-state index in [4.69, 9.17) is 4.74 Å². The van der Waals surface area contributed by atoms with Crippen LogP contribution in [0, 0.1) is 12.3 Å². The summed E-state index contributed by atoms with van der Waals surface area (Å²) in [6.07, 6.45) is 8.24. The number of fused-ring (bicyclic) bond motifs is 1. The molecule has 1 aromatic carbocycles. The molecule has 1 aromatic heterocycles. The van der Waals surface area contributed by atoms with Crippen LogP contribution in [0.2, 0.25) is 0 Å². The van der Waals surface area contributed by atoms with E-state index in [-0.39, 0.29) is 11.8 Å². The minimum absolute atomic E-state index is 0.0154. The van der Waals surface area contributed by atoms with Gasteiger partial charge < -0.3 is 15.0 Å². The highest BCUT2D eigenvalue weighted by molar-refractivity contribution is 5.95. The predicted octanol–water partition coefficient (Wildman–Crippen LogP) is 3.26. The number of para-hydroxylation sites is 1. The van der Waals surface area contributed by atoms with Gasteiger partial charge in [-0.3, -0.25) is 14.3 Å². The number of likely N-dealkylation sites (tertiary alicyclic amines) is 1. The molecule has 7 nitrogen and oxygen atoms in total. The Bertz CT molecular complexity index is 960. The van der Waals surface area contributed by atoms with Gasteiger partial charge in [-0.05, 0) is 50.7 Å². The van der Waals surface area contributed by atoms with Crippen LogP contribution in [-0.4, -0.2) is 52.7 Å². The lowest BCUT2D eigenvalue weighted by atomic mass is 9.73. The number of nitrogens with one attached hydrogen (secondary N) is 1. The van der Waals surface area contributed by atoms with E-state index in [9.17, 15) is 9.59 Å². The number of benzene rings is 1. The van der Waals surface area contributed by atoms with Gasteiger partial charge in [0.25, 0.3) is 5.91 Å². The highest BCUT2D eigenvalue weighted by atomic mass is 16.5. The van der Waals surface area contributed by atoms with E-state index in [2.05, 4.69) is 22.5 Å². The Morgan fingerprint density at radius 3 is 2.66 bits per heavy atom. The number of hydrogen-bond donors (Lipinski definition) is 1. The third-order valence-electron chi connectivity index (χ3n) is 6.95. The molecule has 0 atom stereocenters. The summed E-state index contributed by atoms with van der Waals surface area (Å²) in [5.74, 6) is 1.05. The third kappa shape index (κ3) is 4.81. The lowest BCUT2D eigenvalue weighted by Crippen LogP contribution is -2.50. The maximum absolute atomic E-state index is 13.3. The fourth-order valence-corrected chi connectivity index (χ4v) is 5.03. The highest BCUT2D eigenvalue weighted by Crippen LogP contribution is 2.38. The minimum atomic E-state index is -0.401. The van der Waals surface area contributed by atoms with Crippen molar-refractivity contribution in [1.82, 2.24) is 20.0 Å². The average molecular weight is 439 g/mol. The lowest BCUT2D eigenvalue weighted by molar-refractivity contribution is -0.134. The van der Waals surface area contributed by atoms with Crippen LogP contribution in [0.4, 0.5) is 0 Å². The molecule has 7 heteroatoms. The van der Waals surface area contributed by atoms with Gasteiger partial charge >= 0.3 is 0 Å². The maximum atomic E-state index is 13.3. The van der Waals surface area contributed by atoms with Crippen LogP contribution in [-0.2, 0) is 18.3 Å². The monoisotopic (exact) mass is 438 g/mol. The summed E-state index contributed by atoms with van der Waals surface area (Å²) in [7, 11) is 1.83. The van der Waals surface area contributed by atoms with E-state index >= 15 is 0 Å². The summed E-state index contributed by atoms with van der Waals surface area (Å²) in [5, 5.41) is 7.42. The molecule has 1 N–H and O–H groups in total. The van der Waals surface area contributed by atoms with Crippen molar-refractivity contribution in [2.75, 3.05) is 26.2 Å². The van der Waals surface area contributed by atoms with Crippen LogP contribution >= 0.6 is 0 Å². The number of carbonyl (C=O) groups excluding carboxylic acids is 2. The Morgan fingerprint density at radius 2 is 1.91 bits per heavy atom. The molecule has 32 heavy (non-hydrogen) atoms. The summed E-state index contributed by atoms with van der Waals surface area (Å²) in [4.78, 5) is 28.1. The number of rotatable bonds is 1. The molecule has 0 unspecified atom stereocenters. The molecule has 0 aliphatic carbocycles. The van der Waals surface area contributed by atoms with E-state index in [1.165, 1.54) is 5.56 Å². The zero-order chi connectivity index (χ0) is 22.6. The van der Waals surface area contributed by atoms with Crippen LogP contribution in [0.15, 0.2) is 30.5 Å². The van der Waals surface area contributed by atoms with Gasteiger partial charge in [-0.2, -0.15) is 5.10 Å². The van der Waals surface area contributed by atoms with Crippen LogP contribution < -0.4 is 10.1 Å². The van der Waals surface area contributed by atoms with E-state index in [0.29, 0.717) is 44.6 Å². The number of aryl methyl sites for hydroxylation is 3. The molecule has 0 saturated carbocycles. The van der Waals surface area contributed by atoms with Gasteiger partial charge in [-0.1, -0.05) is 31.0 Å². The first-order chi connectivity index (χ1) is 15.5. The second-order valence-electron chi connectivity index (χ2n) is 9.15. The zero-order valence-corrected chi connectivity index (χ0v) is 19.2. The lowest BCUT2D eigenvalue weighted by Gasteiger charge is -2.41. The molecule has 4 rings (SSSR count). The van der Waals surface area contributed by atoms with Crippen LogP contribution in [0.3, 0.4) is 0 Å². The summed E-state index contributed by atoms with van der Waals surface area (Å²) in [5.41, 5.74) is 2.24. The van der Waals surface area contributed by atoms with Crippen molar-refractivity contribution in [2.24, 2.45) is 12.5 Å². The molecule has 2 aliphatic rings. The number of piperidine rings is 1. The number of amides is 2. The second kappa shape index (κ2) is 9.76. The molecule has 0 radical (unpaired) electrons. The van der Waals surface area contributed by atoms with Crippen molar-refractivity contribution in [2.45, 2.75) is 51.9 Å². The first kappa shape index (κ1) is 22.4. The fraction of sp³-hybridized carbons (Fsp3) is 0.560. The predicted molar refractivity (Wildman–Crippen MR) is 123 cm³/mol. The number of hydrogen-bond acceptors (Lipinski definition) is 4. The van der Waals surface area contributed by atoms with Gasteiger partial charge in [0.2, 0.25) is 5.91 Å². The number of nitrogens with zero attached hydrogens (tertiary/aromatic N) is 3. The summed E-state index contributed by atoms with van der Waals surface area (Å²) < 4.78 is 7.64. The first-order valence-electron chi connectivity index (χ1n) is 11.8. The average Bonchev–Trinajstić information content (AvgIpc) is 3.14. The number of carbonyl (C=O) groups is 2. The zero-order valence-electron chi connectivity index (χ0n) is 19.2. The Morgan fingerprint density at radius 1 is 1.12 bits per heavy atom. The summed E-state index contributed by atoms with van der Waals surface area (Å²) in [6, 6.07) is 8.19. The van der Waals surface area contributed by atoms with Gasteiger partial charge in [-0.15, -0.1) is 0 Å². The molecular weight excluding hydrogens is 404 g/mol. The smallest absolute Gasteiger partial charge is 0.257 e. The maximum Gasteiger partial charge on any atom is 0.257 e. The van der Waals surface area contributed by atoms with Crippen molar-refractivity contribution in [3.05, 3.63) is 47.3 Å². The van der Waals surface area contributed by atoms with Gasteiger partial charge in [0.1, 0.15) is 12.4 Å². The van der Waals surface area contributed by atoms with Crippen molar-refractivity contribution in [3.63, 3.8) is 0 Å². The van der Waals surface area contributed by atoms with Crippen molar-refractivity contribution in [3.8, 4) is 5.75 Å². The van der Waals surface area contributed by atoms with Crippen LogP contribution in [0.1, 0.15) is 60.1 Å². The Balaban J connectivity index is 1.41. The normalized spacial score (nSPS) is 19.7. The van der Waals surface area contributed by atoms with Gasteiger partial charge in [0.05, 0.1) is 23.2 Å². The Hall–Kier alpha value is -2.83. The molecular formula is C25H34N4O3. The standard InChI is InChI=1S/C25H34N4O3/c1-19-21(18-28(2)27-19)23(30)29-15-12-25(13-16-29)11-7-3-4-8-20-9-5-6-10-22(20)32-17-14-26-24(25)31/h5-6,9-10,18H,3-4,7-8,11-17H2,1-2H3,(H,26,31). The molecule has 2 amide bonds. The van der Waals surface area contributed by atoms with Crippen molar-refractivity contribution in [1.29, 1.82) is 0 Å². The van der Waals surface area contributed by atoms with Crippen LogP contribution in [0.25, 0.3) is 0 Å². The second-order valence-corrected chi connectivity index (χ2v) is 9.15. The van der Waals surface area contributed by atoms with E-state index in [1.54, 1.807) is 10.9 Å². The van der Waals surface area contributed by atoms with Crippen molar-refractivity contribution < 1.29 is 14.3 Å². The molecule has 2 aromatic rings. The molecule has 3 heterocycles. The minimum Gasteiger partial charge on any atom is -0.491 e. The SMILES string of the molecule is Cc1nn(C)cc1C(=O)N1CCC2(CCCCCc3ccccc3OCCNC2=O)CC1. The Labute approximate surface area is 190 Å². The summed E-state index contributed by atoms with van der Waals surface area (Å²) in [6.45, 7) is 4.02. The topological polar surface area (TPSA) is 76.5 Å². The molecule has 1 saturated heterocycles. The van der Waals surface area contributed by atoms with Gasteiger partial charge in [-0.25, -0.2) is 0 Å². The van der Waals surface area contributed by atoms with E-state index < -0.39 is 5.41 Å². The number of ether oxygens (including phenoxy) is 1. The van der Waals surface area contributed by atoms with Gasteiger partial charge in [0, 0.05) is 26.3 Å². The highest BCUT2D eigenvalue weighted by Gasteiger charge is 2.42. The van der Waals surface area contributed by atoms with E-state index in [1.807, 2.05) is 31.0 Å². The first-order valence-corrected chi connectivity index (χ1v) is 11.8. The Kier molecular flexibility index (Phi) is 6.82. The molecule has 172 valence electrons. The molecule has 1 spiro atoms. The number of aromatic nitrogens is 2.